The van der Waals surface area contributed by atoms with Crippen LogP contribution in [-0.2, 0) is 10.0 Å². The summed E-state index contributed by atoms with van der Waals surface area (Å²) >= 11 is 0. The molecule has 0 radical (unpaired) electrons. The molecule has 154 valence electrons. The second-order valence-electron chi connectivity index (χ2n) is 6.69. The van der Waals surface area contributed by atoms with Crippen molar-refractivity contribution in [3.63, 3.8) is 0 Å². The van der Waals surface area contributed by atoms with E-state index in [1.54, 1.807) is 0 Å². The molecule has 2 rings (SSSR count). The van der Waals surface area contributed by atoms with Crippen molar-refractivity contribution in [3.8, 4) is 0 Å². The maximum atomic E-state index is 11.1. The number of aliphatic imine (C=N–C) groups is 1. The lowest BCUT2D eigenvalue weighted by molar-refractivity contribution is 0.585. The molecule has 0 spiro atoms. The van der Waals surface area contributed by atoms with Gasteiger partial charge in [0.2, 0.25) is 10.0 Å². The molecule has 0 bridgehead atoms. The molecule has 7 nitrogen and oxygen atoms in total. The molecule has 0 saturated carbocycles. The SMILES string of the molecule is CCNC(=NCCCNS(C)(=O)=O)NC1CCN(c2ccc(C)cc2)C1.I. The van der Waals surface area contributed by atoms with Gasteiger partial charge in [-0.1, -0.05) is 17.7 Å². The van der Waals surface area contributed by atoms with E-state index < -0.39 is 10.0 Å². The smallest absolute Gasteiger partial charge is 0.208 e. The van der Waals surface area contributed by atoms with Gasteiger partial charge in [0.05, 0.1) is 6.26 Å². The minimum Gasteiger partial charge on any atom is -0.369 e. The predicted octanol–water partition coefficient (Wildman–Crippen LogP) is 1.69. The minimum absolute atomic E-state index is 0. The number of nitrogens with zero attached hydrogens (tertiary/aromatic N) is 2. The van der Waals surface area contributed by atoms with Crippen LogP contribution in [0, 0.1) is 6.92 Å². The summed E-state index contributed by atoms with van der Waals surface area (Å²) in [5.41, 5.74) is 2.53. The van der Waals surface area contributed by atoms with Gasteiger partial charge in [0, 0.05) is 44.5 Å². The van der Waals surface area contributed by atoms with Gasteiger partial charge in [0.1, 0.15) is 0 Å². The molecule has 1 atom stereocenters. The molecule has 0 aromatic heterocycles. The van der Waals surface area contributed by atoms with E-state index in [9.17, 15) is 8.42 Å². The molecule has 1 saturated heterocycles. The molecule has 1 unspecified atom stereocenters. The van der Waals surface area contributed by atoms with Crippen LogP contribution < -0.4 is 20.3 Å². The van der Waals surface area contributed by atoms with E-state index in [-0.39, 0.29) is 24.0 Å². The van der Waals surface area contributed by atoms with Gasteiger partial charge in [-0.3, -0.25) is 4.99 Å². The number of benzene rings is 1. The van der Waals surface area contributed by atoms with Gasteiger partial charge in [-0.25, -0.2) is 13.1 Å². The highest BCUT2D eigenvalue weighted by Crippen LogP contribution is 2.20. The number of hydrogen-bond donors (Lipinski definition) is 3. The lowest BCUT2D eigenvalue weighted by Crippen LogP contribution is -2.44. The van der Waals surface area contributed by atoms with E-state index in [0.29, 0.717) is 25.6 Å². The third-order valence-corrected chi connectivity index (χ3v) is 4.97. The van der Waals surface area contributed by atoms with Crippen molar-refractivity contribution in [3.05, 3.63) is 29.8 Å². The summed E-state index contributed by atoms with van der Waals surface area (Å²) < 4.78 is 24.6. The lowest BCUT2D eigenvalue weighted by Gasteiger charge is -2.20. The second kappa shape index (κ2) is 11.7. The number of anilines is 1. The number of rotatable bonds is 8. The largest absolute Gasteiger partial charge is 0.369 e. The van der Waals surface area contributed by atoms with Crippen molar-refractivity contribution < 1.29 is 8.42 Å². The molecule has 1 aromatic carbocycles. The van der Waals surface area contributed by atoms with Crippen LogP contribution in [0.25, 0.3) is 0 Å². The van der Waals surface area contributed by atoms with Crippen molar-refractivity contribution in [1.29, 1.82) is 0 Å². The van der Waals surface area contributed by atoms with Crippen molar-refractivity contribution in [1.82, 2.24) is 15.4 Å². The summed E-state index contributed by atoms with van der Waals surface area (Å²) in [5, 5.41) is 6.75. The molecule has 1 aromatic rings. The second-order valence-corrected chi connectivity index (χ2v) is 8.53. The number of hydrogen-bond acceptors (Lipinski definition) is 4. The minimum atomic E-state index is -3.12. The molecular formula is C18H32IN5O2S. The molecule has 27 heavy (non-hydrogen) atoms. The van der Waals surface area contributed by atoms with Crippen LogP contribution >= 0.6 is 24.0 Å². The average Bonchev–Trinajstić information content (AvgIpc) is 3.03. The maximum absolute atomic E-state index is 11.1. The predicted molar refractivity (Wildman–Crippen MR) is 124 cm³/mol. The molecule has 3 N–H and O–H groups in total. The van der Waals surface area contributed by atoms with Gasteiger partial charge in [-0.05, 0) is 38.8 Å². The topological polar surface area (TPSA) is 85.8 Å². The fourth-order valence-electron chi connectivity index (χ4n) is 2.91. The molecule has 1 aliphatic rings. The van der Waals surface area contributed by atoms with Crippen molar-refractivity contribution >= 4 is 45.6 Å². The fourth-order valence-corrected chi connectivity index (χ4v) is 3.42. The van der Waals surface area contributed by atoms with E-state index in [2.05, 4.69) is 56.4 Å². The average molecular weight is 509 g/mol. The maximum Gasteiger partial charge on any atom is 0.208 e. The number of aryl methyl sites for hydroxylation is 1. The normalized spacial score (nSPS) is 17.5. The van der Waals surface area contributed by atoms with Crippen LogP contribution in [0.4, 0.5) is 5.69 Å². The quantitative estimate of drug-likeness (QED) is 0.215. The number of sulfonamides is 1. The number of guanidine groups is 1. The Kier molecular flexibility index (Phi) is 10.4. The van der Waals surface area contributed by atoms with Crippen LogP contribution in [-0.4, -0.2) is 59.4 Å². The summed E-state index contributed by atoms with van der Waals surface area (Å²) in [6.45, 7) is 7.89. The van der Waals surface area contributed by atoms with E-state index in [1.165, 1.54) is 17.5 Å². The van der Waals surface area contributed by atoms with Crippen molar-refractivity contribution in [2.24, 2.45) is 4.99 Å². The first-order valence-electron chi connectivity index (χ1n) is 9.18. The molecule has 0 amide bonds. The molecule has 9 heteroatoms. The zero-order chi connectivity index (χ0) is 19.0. The highest BCUT2D eigenvalue weighted by atomic mass is 127. The standard InChI is InChI=1S/C18H31N5O2S.HI/c1-4-19-18(20-11-5-12-21-26(3,24)25)22-16-10-13-23(14-16)17-8-6-15(2)7-9-17;/h6-9,16,21H,4-5,10-14H2,1-3H3,(H2,19,20,22);1H. The first-order chi connectivity index (χ1) is 12.4. The summed E-state index contributed by atoms with van der Waals surface area (Å²) in [5.74, 6) is 0.794. The molecule has 1 fully saturated rings. The van der Waals surface area contributed by atoms with Gasteiger partial charge < -0.3 is 15.5 Å². The Hall–Kier alpha value is -1.07. The Balaban J connectivity index is 0.00000364. The van der Waals surface area contributed by atoms with Gasteiger partial charge in [0.25, 0.3) is 0 Å². The monoisotopic (exact) mass is 509 g/mol. The Morgan fingerprint density at radius 3 is 2.63 bits per heavy atom. The number of halogens is 1. The first kappa shape index (κ1) is 24.0. The van der Waals surface area contributed by atoms with E-state index >= 15 is 0 Å². The number of nitrogens with one attached hydrogen (secondary N) is 3. The van der Waals surface area contributed by atoms with Gasteiger partial charge >= 0.3 is 0 Å². The van der Waals surface area contributed by atoms with Crippen LogP contribution in [0.15, 0.2) is 29.3 Å². The van der Waals surface area contributed by atoms with Gasteiger partial charge in [-0.15, -0.1) is 24.0 Å². The van der Waals surface area contributed by atoms with Crippen molar-refractivity contribution in [2.75, 3.05) is 43.9 Å². The third-order valence-electron chi connectivity index (χ3n) is 4.24. The zero-order valence-corrected chi connectivity index (χ0v) is 19.5. The molecule has 0 aliphatic carbocycles. The first-order valence-corrected chi connectivity index (χ1v) is 11.1. The highest BCUT2D eigenvalue weighted by molar-refractivity contribution is 14.0. The molecular weight excluding hydrogens is 477 g/mol. The van der Waals surface area contributed by atoms with Crippen LogP contribution in [0.2, 0.25) is 0 Å². The molecule has 1 aliphatic heterocycles. The van der Waals surface area contributed by atoms with E-state index in [1.807, 2.05) is 6.92 Å². The summed E-state index contributed by atoms with van der Waals surface area (Å²) in [4.78, 5) is 6.93. The fraction of sp³-hybridized carbons (Fsp3) is 0.611. The van der Waals surface area contributed by atoms with Gasteiger partial charge in [-0.2, -0.15) is 0 Å². The zero-order valence-electron chi connectivity index (χ0n) is 16.4. The Bertz CT molecular complexity index is 694. The van der Waals surface area contributed by atoms with E-state index in [0.717, 1.165) is 32.0 Å². The Morgan fingerprint density at radius 2 is 2.00 bits per heavy atom. The summed E-state index contributed by atoms with van der Waals surface area (Å²) in [6, 6.07) is 8.99. The Morgan fingerprint density at radius 1 is 1.30 bits per heavy atom. The molecule has 1 heterocycles. The van der Waals surface area contributed by atoms with Crippen LogP contribution in [0.5, 0.6) is 0 Å². The van der Waals surface area contributed by atoms with E-state index in [4.69, 9.17) is 0 Å². The summed E-state index contributed by atoms with van der Waals surface area (Å²) in [6.07, 6.45) is 2.90. The lowest BCUT2D eigenvalue weighted by atomic mass is 10.2. The van der Waals surface area contributed by atoms with Crippen molar-refractivity contribution in [2.45, 2.75) is 32.7 Å². The third kappa shape index (κ3) is 9.11. The summed E-state index contributed by atoms with van der Waals surface area (Å²) in [7, 11) is -3.12. The highest BCUT2D eigenvalue weighted by Gasteiger charge is 2.23. The van der Waals surface area contributed by atoms with Crippen LogP contribution in [0.3, 0.4) is 0 Å². The Labute approximate surface area is 180 Å². The van der Waals surface area contributed by atoms with Crippen LogP contribution in [0.1, 0.15) is 25.3 Å². The van der Waals surface area contributed by atoms with Gasteiger partial charge in [0.15, 0.2) is 5.96 Å².